The van der Waals surface area contributed by atoms with Crippen molar-refractivity contribution in [3.8, 4) is 16.9 Å². The smallest absolute Gasteiger partial charge is 0.406 e. The molecule has 2 heterocycles. The van der Waals surface area contributed by atoms with Crippen LogP contribution in [0.15, 0.2) is 78.9 Å². The first-order chi connectivity index (χ1) is 17.8. The summed E-state index contributed by atoms with van der Waals surface area (Å²) in [5.41, 5.74) is 2.79. The Morgan fingerprint density at radius 1 is 0.676 bits per heavy atom. The van der Waals surface area contributed by atoms with E-state index in [1.165, 1.54) is 12.1 Å². The molecule has 2 saturated heterocycles. The van der Waals surface area contributed by atoms with Crippen LogP contribution in [0.3, 0.4) is 0 Å². The van der Waals surface area contributed by atoms with E-state index < -0.39 is 6.36 Å². The molecule has 3 aromatic carbocycles. The Kier molecular flexibility index (Phi) is 6.88. The number of alkyl halides is 3. The summed E-state index contributed by atoms with van der Waals surface area (Å²) >= 11 is 0. The predicted octanol–water partition coefficient (Wildman–Crippen LogP) is 4.53. The Hall–Kier alpha value is -3.85. The van der Waals surface area contributed by atoms with Gasteiger partial charge in [-0.15, -0.1) is 13.2 Å². The van der Waals surface area contributed by atoms with Crippen LogP contribution in [0.5, 0.6) is 5.75 Å². The molecule has 37 heavy (non-hydrogen) atoms. The molecule has 9 heteroatoms. The van der Waals surface area contributed by atoms with Crippen molar-refractivity contribution in [1.82, 2.24) is 14.7 Å². The van der Waals surface area contributed by atoms with Gasteiger partial charge in [0.1, 0.15) is 5.75 Å². The van der Waals surface area contributed by atoms with E-state index >= 15 is 0 Å². The Balaban J connectivity index is 1.10. The molecule has 6 nitrogen and oxygen atoms in total. The highest BCUT2D eigenvalue weighted by atomic mass is 19.4. The van der Waals surface area contributed by atoms with Crippen molar-refractivity contribution in [1.29, 1.82) is 0 Å². The molecule has 0 saturated carbocycles. The fourth-order valence-corrected chi connectivity index (χ4v) is 4.74. The molecule has 0 aliphatic carbocycles. The fourth-order valence-electron chi connectivity index (χ4n) is 4.74. The lowest BCUT2D eigenvalue weighted by Crippen LogP contribution is -2.64. The predicted molar refractivity (Wildman–Crippen MR) is 132 cm³/mol. The molecule has 0 aromatic heterocycles. The number of hydrogen-bond donors (Lipinski definition) is 0. The lowest BCUT2D eigenvalue weighted by atomic mass is 10.0. The van der Waals surface area contributed by atoms with Crippen LogP contribution in [-0.2, 0) is 0 Å². The van der Waals surface area contributed by atoms with E-state index in [4.69, 9.17) is 0 Å². The number of nitrogens with zero attached hydrogens (tertiary/aromatic N) is 3. The number of hydrogen-bond acceptors (Lipinski definition) is 4. The molecular weight excluding hydrogens is 483 g/mol. The van der Waals surface area contributed by atoms with Gasteiger partial charge >= 0.3 is 6.36 Å². The Morgan fingerprint density at radius 2 is 1.19 bits per heavy atom. The molecule has 0 unspecified atom stereocenters. The van der Waals surface area contributed by atoms with Crippen molar-refractivity contribution in [3.05, 3.63) is 90.0 Å². The maximum atomic E-state index is 12.9. The molecule has 0 bridgehead atoms. The largest absolute Gasteiger partial charge is 0.573 e. The fraction of sp³-hybridized carbons (Fsp3) is 0.286. The summed E-state index contributed by atoms with van der Waals surface area (Å²) in [4.78, 5) is 31.6. The summed E-state index contributed by atoms with van der Waals surface area (Å²) in [5.74, 6) is -0.270. The summed E-state index contributed by atoms with van der Waals surface area (Å²) in [6.45, 7) is 4.20. The van der Waals surface area contributed by atoms with Crippen molar-refractivity contribution in [2.45, 2.75) is 12.4 Å². The zero-order chi connectivity index (χ0) is 26.0. The topological polar surface area (TPSA) is 53.1 Å². The number of piperazine rings is 1. The van der Waals surface area contributed by atoms with Crippen LogP contribution in [0.25, 0.3) is 11.1 Å². The standard InChI is InChI=1S/C28H26F3N3O3/c29-28(30,31)37-25-12-10-21(11-13-25)20-6-8-23(9-7-20)27(36)34-18-24(19-34)32-14-16-33(17-15-32)26(35)22-4-2-1-3-5-22/h1-13,24H,14-19H2. The Bertz CT molecular complexity index is 1230. The minimum atomic E-state index is -4.73. The van der Waals surface area contributed by atoms with Crippen LogP contribution < -0.4 is 4.74 Å². The SMILES string of the molecule is O=C(c1ccccc1)N1CCN(C2CN(C(=O)c3ccc(-c4ccc(OC(F)(F)F)cc4)cc3)C2)CC1. The summed E-state index contributed by atoms with van der Waals surface area (Å²) in [7, 11) is 0. The van der Waals surface area contributed by atoms with Crippen molar-refractivity contribution in [2.75, 3.05) is 39.3 Å². The highest BCUT2D eigenvalue weighted by Crippen LogP contribution is 2.27. The number of halogens is 3. The highest BCUT2D eigenvalue weighted by molar-refractivity contribution is 5.95. The van der Waals surface area contributed by atoms with Gasteiger partial charge in [-0.3, -0.25) is 14.5 Å². The van der Waals surface area contributed by atoms with Crippen molar-refractivity contribution in [3.63, 3.8) is 0 Å². The maximum Gasteiger partial charge on any atom is 0.573 e. The molecule has 2 aliphatic heterocycles. The average molecular weight is 510 g/mol. The first-order valence-corrected chi connectivity index (χ1v) is 12.1. The lowest BCUT2D eigenvalue weighted by molar-refractivity contribution is -0.274. The molecule has 0 N–H and O–H groups in total. The van der Waals surface area contributed by atoms with Crippen LogP contribution in [0.2, 0.25) is 0 Å². The molecular formula is C28H26F3N3O3. The highest BCUT2D eigenvalue weighted by Gasteiger charge is 2.37. The monoisotopic (exact) mass is 509 g/mol. The van der Waals surface area contributed by atoms with E-state index in [0.717, 1.165) is 24.2 Å². The lowest BCUT2D eigenvalue weighted by Gasteiger charge is -2.48. The van der Waals surface area contributed by atoms with Gasteiger partial charge in [-0.1, -0.05) is 42.5 Å². The summed E-state index contributed by atoms with van der Waals surface area (Å²) in [6.07, 6.45) is -4.73. The first kappa shape index (κ1) is 24.8. The zero-order valence-corrected chi connectivity index (χ0v) is 20.0. The van der Waals surface area contributed by atoms with Crippen molar-refractivity contribution < 1.29 is 27.5 Å². The number of carbonyl (C=O) groups excluding carboxylic acids is 2. The van der Waals surface area contributed by atoms with Gasteiger partial charge < -0.3 is 14.5 Å². The van der Waals surface area contributed by atoms with Gasteiger partial charge in [0.25, 0.3) is 11.8 Å². The molecule has 0 radical (unpaired) electrons. The molecule has 5 rings (SSSR count). The second-order valence-electron chi connectivity index (χ2n) is 9.21. The van der Waals surface area contributed by atoms with Gasteiger partial charge in [-0.05, 0) is 47.5 Å². The molecule has 2 aliphatic rings. The summed E-state index contributed by atoms with van der Waals surface area (Å²) in [5, 5.41) is 0. The van der Waals surface area contributed by atoms with E-state index in [0.29, 0.717) is 37.3 Å². The minimum Gasteiger partial charge on any atom is -0.406 e. The average Bonchev–Trinajstić information content (AvgIpc) is 2.88. The van der Waals surface area contributed by atoms with E-state index in [2.05, 4.69) is 9.64 Å². The number of ether oxygens (including phenoxy) is 1. The number of benzene rings is 3. The van der Waals surface area contributed by atoms with Crippen LogP contribution in [0.4, 0.5) is 13.2 Å². The second kappa shape index (κ2) is 10.3. The third kappa shape index (κ3) is 5.77. The van der Waals surface area contributed by atoms with Gasteiger partial charge in [-0.2, -0.15) is 0 Å². The van der Waals surface area contributed by atoms with E-state index in [-0.39, 0.29) is 23.6 Å². The summed E-state index contributed by atoms with van der Waals surface area (Å²) in [6, 6.07) is 22.2. The molecule has 3 aromatic rings. The van der Waals surface area contributed by atoms with Crippen LogP contribution in [0.1, 0.15) is 20.7 Å². The Morgan fingerprint density at radius 3 is 1.76 bits per heavy atom. The molecule has 2 fully saturated rings. The van der Waals surface area contributed by atoms with Gasteiger partial charge in [0.05, 0.1) is 0 Å². The molecule has 0 spiro atoms. The number of likely N-dealkylation sites (tertiary alicyclic amines) is 1. The number of amides is 2. The summed E-state index contributed by atoms with van der Waals surface area (Å²) < 4.78 is 40.9. The number of carbonyl (C=O) groups is 2. The Labute approximate surface area is 212 Å². The van der Waals surface area contributed by atoms with E-state index in [1.54, 1.807) is 36.4 Å². The molecule has 0 atom stereocenters. The molecule has 2 amide bonds. The second-order valence-corrected chi connectivity index (χ2v) is 9.21. The van der Waals surface area contributed by atoms with E-state index in [9.17, 15) is 22.8 Å². The third-order valence-electron chi connectivity index (χ3n) is 6.84. The van der Waals surface area contributed by atoms with Crippen molar-refractivity contribution >= 4 is 11.8 Å². The van der Waals surface area contributed by atoms with Gasteiger partial charge in [0.2, 0.25) is 0 Å². The van der Waals surface area contributed by atoms with Crippen molar-refractivity contribution in [2.24, 2.45) is 0 Å². The number of rotatable bonds is 5. The van der Waals surface area contributed by atoms with Crippen LogP contribution >= 0.6 is 0 Å². The normalized spacial score (nSPS) is 16.8. The van der Waals surface area contributed by atoms with Gasteiger partial charge in [-0.25, -0.2) is 0 Å². The third-order valence-corrected chi connectivity index (χ3v) is 6.84. The van der Waals surface area contributed by atoms with Crippen LogP contribution in [0, 0.1) is 0 Å². The minimum absolute atomic E-state index is 0.0467. The van der Waals surface area contributed by atoms with E-state index in [1.807, 2.05) is 40.1 Å². The van der Waals surface area contributed by atoms with Gasteiger partial charge in [0.15, 0.2) is 0 Å². The first-order valence-electron chi connectivity index (χ1n) is 12.1. The van der Waals surface area contributed by atoms with Crippen LogP contribution in [-0.4, -0.2) is 78.2 Å². The zero-order valence-electron chi connectivity index (χ0n) is 20.0. The van der Waals surface area contributed by atoms with Gasteiger partial charge in [0, 0.05) is 56.4 Å². The quantitative estimate of drug-likeness (QED) is 0.507. The maximum absolute atomic E-state index is 12.9. The molecule has 192 valence electrons.